The molecule has 0 rings (SSSR count). The highest BCUT2D eigenvalue weighted by Gasteiger charge is 2.67. The number of nitrogens with one attached hydrogen (secondary N) is 1. The maximum Gasteiger partial charge on any atom is 0.470 e. The monoisotopic (exact) mass is 297 g/mol. The van der Waals surface area contributed by atoms with Crippen molar-refractivity contribution in [1.82, 2.24) is 4.72 Å². The minimum atomic E-state index is -6.28. The van der Waals surface area contributed by atoms with Gasteiger partial charge in [0.15, 0.2) is 6.73 Å². The maximum absolute atomic E-state index is 12.5. The van der Waals surface area contributed by atoms with Gasteiger partial charge in [-0.1, -0.05) is 6.58 Å². The molecule has 0 aromatic rings. The molecule has 0 aliphatic carbocycles. The first-order valence-electron chi connectivity index (χ1n) is 4.09. The molecule has 0 saturated heterocycles. The van der Waals surface area contributed by atoms with Crippen molar-refractivity contribution in [2.24, 2.45) is 0 Å². The first-order chi connectivity index (χ1) is 7.83. The fraction of sp³-hybridized carbons (Fsp3) is 0.571. The second-order valence-electron chi connectivity index (χ2n) is 3.02. The first-order valence-corrected chi connectivity index (χ1v) is 5.57. The van der Waals surface area contributed by atoms with Gasteiger partial charge >= 0.3 is 17.4 Å². The molecule has 0 atom stereocenters. The molecular weight excluding hydrogens is 289 g/mol. The SMILES string of the molecule is C=C(C)C(=O)OCNS(=O)(=O)C(F)(F)C(F)(F)F. The molecule has 0 saturated carbocycles. The molecule has 0 aromatic heterocycles. The van der Waals surface area contributed by atoms with Gasteiger partial charge in [0.2, 0.25) is 0 Å². The van der Waals surface area contributed by atoms with E-state index in [0.717, 1.165) is 4.72 Å². The van der Waals surface area contributed by atoms with Crippen molar-refractivity contribution >= 4 is 16.0 Å². The fourth-order valence-electron chi connectivity index (χ4n) is 0.539. The molecule has 0 amide bonds. The molecule has 0 unspecified atom stereocenters. The molecule has 0 fully saturated rings. The third kappa shape index (κ3) is 3.63. The van der Waals surface area contributed by atoms with Crippen LogP contribution in [0.4, 0.5) is 22.0 Å². The number of hydrogen-bond acceptors (Lipinski definition) is 4. The first kappa shape index (κ1) is 16.8. The summed E-state index contributed by atoms with van der Waals surface area (Å²) in [6.07, 6.45) is -6.28. The molecule has 0 aromatic carbocycles. The van der Waals surface area contributed by atoms with E-state index in [4.69, 9.17) is 0 Å². The number of carbonyl (C=O) groups is 1. The van der Waals surface area contributed by atoms with E-state index < -0.39 is 34.2 Å². The third-order valence-corrected chi connectivity index (χ3v) is 2.87. The van der Waals surface area contributed by atoms with Crippen LogP contribution >= 0.6 is 0 Å². The van der Waals surface area contributed by atoms with Gasteiger partial charge in [-0.05, 0) is 6.92 Å². The molecule has 0 spiro atoms. The zero-order valence-electron chi connectivity index (χ0n) is 8.85. The van der Waals surface area contributed by atoms with Crippen LogP contribution in [0.15, 0.2) is 12.2 Å². The van der Waals surface area contributed by atoms with E-state index in [1.54, 1.807) is 0 Å². The number of ether oxygens (including phenoxy) is 1. The predicted octanol–water partition coefficient (Wildman–Crippen LogP) is 1.14. The van der Waals surface area contributed by atoms with E-state index in [0.29, 0.717) is 0 Å². The second kappa shape index (κ2) is 5.18. The summed E-state index contributed by atoms with van der Waals surface area (Å²) >= 11 is 0. The van der Waals surface area contributed by atoms with Crippen LogP contribution in [0, 0.1) is 0 Å². The van der Waals surface area contributed by atoms with Crippen LogP contribution in [-0.2, 0) is 19.6 Å². The minimum Gasteiger partial charge on any atom is -0.445 e. The number of halogens is 5. The van der Waals surface area contributed by atoms with Gasteiger partial charge in [0.1, 0.15) is 0 Å². The highest BCUT2D eigenvalue weighted by atomic mass is 32.2. The van der Waals surface area contributed by atoms with E-state index in [2.05, 4.69) is 11.3 Å². The summed E-state index contributed by atoms with van der Waals surface area (Å²) in [5.41, 5.74) is -0.184. The Kier molecular flexibility index (Phi) is 4.83. The van der Waals surface area contributed by atoms with Crippen molar-refractivity contribution in [3.05, 3.63) is 12.2 Å². The normalized spacial score (nSPS) is 13.2. The minimum absolute atomic E-state index is 0.184. The van der Waals surface area contributed by atoms with Crippen molar-refractivity contribution in [3.8, 4) is 0 Å². The number of esters is 1. The zero-order chi connectivity index (χ0) is 14.8. The van der Waals surface area contributed by atoms with Crippen molar-refractivity contribution in [3.63, 3.8) is 0 Å². The zero-order valence-corrected chi connectivity index (χ0v) is 9.66. The predicted molar refractivity (Wildman–Crippen MR) is 48.8 cm³/mol. The molecule has 0 bridgehead atoms. The molecule has 1 N–H and O–H groups in total. The Bertz CT molecular complexity index is 441. The van der Waals surface area contributed by atoms with E-state index in [1.165, 1.54) is 6.92 Å². The Morgan fingerprint density at radius 1 is 1.28 bits per heavy atom. The molecule has 5 nitrogen and oxygen atoms in total. The maximum atomic E-state index is 12.5. The average molecular weight is 297 g/mol. The molecule has 106 valence electrons. The van der Waals surface area contributed by atoms with Crippen LogP contribution in [0.5, 0.6) is 0 Å². The number of carbonyl (C=O) groups excluding carboxylic acids is 1. The van der Waals surface area contributed by atoms with Gasteiger partial charge in [-0.3, -0.25) is 0 Å². The lowest BCUT2D eigenvalue weighted by molar-refractivity contribution is -0.241. The molecule has 0 heterocycles. The summed E-state index contributed by atoms with van der Waals surface area (Å²) in [4.78, 5) is 10.7. The summed E-state index contributed by atoms with van der Waals surface area (Å²) in [5.74, 6) is -1.15. The smallest absolute Gasteiger partial charge is 0.445 e. The lowest BCUT2D eigenvalue weighted by atomic mass is 10.4. The Hall–Kier alpha value is -1.23. The van der Waals surface area contributed by atoms with Gasteiger partial charge in [-0.15, -0.1) is 0 Å². The van der Waals surface area contributed by atoms with E-state index in [-0.39, 0.29) is 5.57 Å². The number of rotatable bonds is 5. The molecule has 11 heteroatoms. The topological polar surface area (TPSA) is 72.5 Å². The van der Waals surface area contributed by atoms with Crippen LogP contribution in [0.3, 0.4) is 0 Å². The summed E-state index contributed by atoms with van der Waals surface area (Å²) in [5, 5.41) is -5.99. The Morgan fingerprint density at radius 2 is 1.72 bits per heavy atom. The van der Waals surface area contributed by atoms with Gasteiger partial charge in [0.05, 0.1) is 0 Å². The summed E-state index contributed by atoms with van der Waals surface area (Å²) in [6, 6.07) is 0. The molecular formula is C7H8F5NO4S. The van der Waals surface area contributed by atoms with Crippen molar-refractivity contribution < 1.29 is 39.9 Å². The quantitative estimate of drug-likeness (QED) is 0.357. The Morgan fingerprint density at radius 3 is 2.06 bits per heavy atom. The van der Waals surface area contributed by atoms with Crippen LogP contribution in [0.2, 0.25) is 0 Å². The summed E-state index contributed by atoms with van der Waals surface area (Å²) < 4.78 is 86.3. The van der Waals surface area contributed by atoms with Gasteiger partial charge in [-0.25, -0.2) is 13.2 Å². The van der Waals surface area contributed by atoms with Gasteiger partial charge in [0.25, 0.3) is 10.0 Å². The lowest BCUT2D eigenvalue weighted by Crippen LogP contribution is -2.50. The highest BCUT2D eigenvalue weighted by molar-refractivity contribution is 7.90. The van der Waals surface area contributed by atoms with Crippen LogP contribution in [0.25, 0.3) is 0 Å². The largest absolute Gasteiger partial charge is 0.470 e. The molecule has 0 radical (unpaired) electrons. The van der Waals surface area contributed by atoms with Crippen molar-refractivity contribution in [2.75, 3.05) is 6.73 Å². The number of hydrogen-bond donors (Lipinski definition) is 1. The van der Waals surface area contributed by atoms with Gasteiger partial charge in [-0.2, -0.15) is 26.7 Å². The summed E-state index contributed by atoms with van der Waals surface area (Å²) in [6.45, 7) is 2.88. The molecule has 18 heavy (non-hydrogen) atoms. The average Bonchev–Trinajstić information content (AvgIpc) is 2.14. The Labute approximate surface area is 98.7 Å². The lowest BCUT2D eigenvalue weighted by Gasteiger charge is -2.19. The third-order valence-electron chi connectivity index (χ3n) is 1.47. The molecule has 0 aliphatic heterocycles. The van der Waals surface area contributed by atoms with Crippen LogP contribution in [-0.4, -0.2) is 32.5 Å². The molecule has 0 aliphatic rings. The Balaban J connectivity index is 4.70. The second-order valence-corrected chi connectivity index (χ2v) is 4.83. The van der Waals surface area contributed by atoms with Crippen LogP contribution in [0.1, 0.15) is 6.92 Å². The van der Waals surface area contributed by atoms with E-state index in [9.17, 15) is 35.2 Å². The van der Waals surface area contributed by atoms with Crippen LogP contribution < -0.4 is 4.72 Å². The summed E-state index contributed by atoms with van der Waals surface area (Å²) in [7, 11) is -6.05. The number of alkyl halides is 5. The number of sulfonamides is 1. The van der Waals surface area contributed by atoms with Crippen molar-refractivity contribution in [2.45, 2.75) is 18.4 Å². The van der Waals surface area contributed by atoms with E-state index in [1.807, 2.05) is 0 Å². The highest BCUT2D eigenvalue weighted by Crippen LogP contribution is 2.39. The van der Waals surface area contributed by atoms with Crippen molar-refractivity contribution in [1.29, 1.82) is 0 Å². The van der Waals surface area contributed by atoms with Gasteiger partial charge < -0.3 is 4.74 Å². The van der Waals surface area contributed by atoms with E-state index >= 15 is 0 Å². The van der Waals surface area contributed by atoms with Gasteiger partial charge in [0, 0.05) is 5.57 Å². The fourth-order valence-corrected chi connectivity index (χ4v) is 1.24. The standard InChI is InChI=1S/C7H8F5NO4S/c1-4(2)5(14)17-3-13-18(15,16)7(11,12)6(8,9)10/h13H,1,3H2,2H3.